The molecule has 1 aliphatic rings. The van der Waals surface area contributed by atoms with Gasteiger partial charge in [0.2, 0.25) is 15.9 Å². The lowest BCUT2D eigenvalue weighted by atomic mass is 10.0. The van der Waals surface area contributed by atoms with Crippen molar-refractivity contribution in [3.05, 3.63) is 18.5 Å². The van der Waals surface area contributed by atoms with Gasteiger partial charge >= 0.3 is 0 Å². The van der Waals surface area contributed by atoms with Crippen LogP contribution in [0, 0.1) is 12.3 Å². The normalized spacial score (nSPS) is 15.0. The van der Waals surface area contributed by atoms with Crippen LogP contribution in [0.25, 0.3) is 0 Å². The van der Waals surface area contributed by atoms with Crippen LogP contribution in [0.5, 0.6) is 0 Å². The third-order valence-corrected chi connectivity index (χ3v) is 5.11. The van der Waals surface area contributed by atoms with Gasteiger partial charge in [-0.25, -0.2) is 13.1 Å². The number of carbonyl (C=O) groups excluding carboxylic acids is 1. The summed E-state index contributed by atoms with van der Waals surface area (Å²) in [7, 11) is -1.80. The number of terminal acetylenes is 1. The Bertz CT molecular complexity index is 754. The summed E-state index contributed by atoms with van der Waals surface area (Å²) in [6.07, 6.45) is 10.4. The molecule has 8 nitrogen and oxygen atoms in total. The number of rotatable bonds is 10. The van der Waals surface area contributed by atoms with E-state index < -0.39 is 15.7 Å². The Morgan fingerprint density at radius 2 is 2.12 bits per heavy atom. The number of nitrogens with one attached hydrogen (secondary N) is 2. The van der Waals surface area contributed by atoms with Crippen molar-refractivity contribution >= 4 is 15.9 Å². The van der Waals surface area contributed by atoms with Crippen LogP contribution in [0.4, 0.5) is 0 Å². The highest BCUT2D eigenvalue weighted by molar-refractivity contribution is 7.89. The van der Waals surface area contributed by atoms with Crippen LogP contribution in [0.1, 0.15) is 25.7 Å². The highest BCUT2D eigenvalue weighted by Gasteiger charge is 2.39. The lowest BCUT2D eigenvalue weighted by Gasteiger charge is -2.09. The van der Waals surface area contributed by atoms with Crippen LogP contribution in [0.3, 0.4) is 0 Å². The van der Waals surface area contributed by atoms with Gasteiger partial charge in [-0.2, -0.15) is 10.2 Å². The lowest BCUT2D eigenvalue weighted by Crippen LogP contribution is -2.35. The van der Waals surface area contributed by atoms with Crippen LogP contribution >= 0.6 is 0 Å². The quantitative estimate of drug-likeness (QED) is 0.480. The molecule has 24 heavy (non-hydrogen) atoms. The van der Waals surface area contributed by atoms with E-state index in [4.69, 9.17) is 6.42 Å². The van der Waals surface area contributed by atoms with Gasteiger partial charge < -0.3 is 9.88 Å². The molecule has 0 saturated carbocycles. The number of sulfonamides is 1. The molecule has 2 N–H and O–H groups in total. The first kappa shape index (κ1) is 18.2. The molecular formula is C15H21N5O3S. The second kappa shape index (κ2) is 7.59. The molecule has 9 heteroatoms. The van der Waals surface area contributed by atoms with E-state index in [1.54, 1.807) is 17.8 Å². The van der Waals surface area contributed by atoms with Gasteiger partial charge in [-0.15, -0.1) is 12.3 Å². The molecule has 1 aliphatic heterocycles. The van der Waals surface area contributed by atoms with E-state index in [0.717, 1.165) is 0 Å². The Hall–Kier alpha value is -2.18. The van der Waals surface area contributed by atoms with E-state index in [9.17, 15) is 13.2 Å². The molecule has 0 fully saturated rings. The van der Waals surface area contributed by atoms with Gasteiger partial charge in [-0.3, -0.25) is 4.79 Å². The minimum Gasteiger partial charge on any atom is -0.356 e. The maximum absolute atomic E-state index is 12.0. The van der Waals surface area contributed by atoms with Crippen molar-refractivity contribution in [3.8, 4) is 12.3 Å². The Balaban J connectivity index is 1.64. The van der Waals surface area contributed by atoms with Crippen molar-refractivity contribution in [2.24, 2.45) is 17.3 Å². The van der Waals surface area contributed by atoms with Crippen molar-refractivity contribution in [2.75, 3.05) is 13.1 Å². The largest absolute Gasteiger partial charge is 0.356 e. The molecule has 0 spiro atoms. The predicted molar refractivity (Wildman–Crippen MR) is 88.5 cm³/mol. The Morgan fingerprint density at radius 1 is 1.38 bits per heavy atom. The number of hydrogen-bond donors (Lipinski definition) is 2. The standard InChI is InChI=1S/C15H21N5O3S/c1-3-4-7-15(18-19-15)8-5-14(21)16-9-10-17-24(22,23)13-6-11-20(2)12-13/h1,6,11-12,17H,4-5,7-10H2,2H3,(H,16,21). The molecule has 0 unspecified atom stereocenters. The van der Waals surface area contributed by atoms with Crippen LogP contribution in [-0.2, 0) is 21.9 Å². The SMILES string of the molecule is C#CCCC1(CCC(=O)NCCNS(=O)(=O)c2ccn(C)c2)N=N1. The maximum atomic E-state index is 12.0. The van der Waals surface area contributed by atoms with Gasteiger partial charge in [-0.1, -0.05) is 0 Å². The monoisotopic (exact) mass is 351 g/mol. The zero-order chi connectivity index (χ0) is 17.6. The molecule has 0 aliphatic carbocycles. The van der Waals surface area contributed by atoms with Crippen molar-refractivity contribution in [1.29, 1.82) is 0 Å². The van der Waals surface area contributed by atoms with Gasteiger partial charge in [0.1, 0.15) is 0 Å². The molecule has 1 aromatic rings. The summed E-state index contributed by atoms with van der Waals surface area (Å²) in [6.45, 7) is 0.344. The molecule has 0 saturated heterocycles. The average molecular weight is 351 g/mol. The summed E-state index contributed by atoms with van der Waals surface area (Å²) >= 11 is 0. The summed E-state index contributed by atoms with van der Waals surface area (Å²) in [4.78, 5) is 12.0. The third kappa shape index (κ3) is 5.18. The number of nitrogens with zero attached hydrogens (tertiary/aromatic N) is 3. The molecule has 2 heterocycles. The molecule has 130 valence electrons. The minimum atomic E-state index is -3.54. The molecule has 0 aromatic carbocycles. The third-order valence-electron chi connectivity index (χ3n) is 3.66. The molecule has 0 radical (unpaired) electrons. The van der Waals surface area contributed by atoms with Gasteiger partial charge in [0.25, 0.3) is 0 Å². The molecule has 1 aromatic heterocycles. The predicted octanol–water partition coefficient (Wildman–Crippen LogP) is 0.775. The van der Waals surface area contributed by atoms with Gasteiger partial charge in [0, 0.05) is 58.2 Å². The van der Waals surface area contributed by atoms with Crippen molar-refractivity contribution < 1.29 is 13.2 Å². The second-order valence-corrected chi connectivity index (χ2v) is 7.41. The van der Waals surface area contributed by atoms with Crippen molar-refractivity contribution in [2.45, 2.75) is 36.2 Å². The maximum Gasteiger partial charge on any atom is 0.242 e. The summed E-state index contributed by atoms with van der Waals surface area (Å²) in [5.41, 5.74) is -0.474. The Labute approximate surface area is 141 Å². The molecular weight excluding hydrogens is 330 g/mol. The number of aryl methyl sites for hydroxylation is 1. The van der Waals surface area contributed by atoms with E-state index in [-0.39, 0.29) is 30.3 Å². The zero-order valence-corrected chi connectivity index (χ0v) is 14.3. The molecule has 0 atom stereocenters. The van der Waals surface area contributed by atoms with Crippen LogP contribution in [-0.4, -0.2) is 37.6 Å². The minimum absolute atomic E-state index is 0.125. The molecule has 2 rings (SSSR count). The number of hydrogen-bond acceptors (Lipinski definition) is 5. The van der Waals surface area contributed by atoms with Gasteiger partial charge in [0.05, 0.1) is 4.90 Å². The highest BCUT2D eigenvalue weighted by Crippen LogP contribution is 2.37. The molecule has 1 amide bonds. The number of aromatic nitrogens is 1. The summed E-state index contributed by atoms with van der Waals surface area (Å²) < 4.78 is 28.1. The van der Waals surface area contributed by atoms with Crippen molar-refractivity contribution in [3.63, 3.8) is 0 Å². The van der Waals surface area contributed by atoms with E-state index in [2.05, 4.69) is 26.2 Å². The van der Waals surface area contributed by atoms with E-state index in [0.29, 0.717) is 19.3 Å². The smallest absolute Gasteiger partial charge is 0.242 e. The van der Waals surface area contributed by atoms with Crippen molar-refractivity contribution in [1.82, 2.24) is 14.6 Å². The van der Waals surface area contributed by atoms with Gasteiger partial charge in [-0.05, 0) is 6.07 Å². The number of carbonyl (C=O) groups is 1. The fraction of sp³-hybridized carbons (Fsp3) is 0.533. The van der Waals surface area contributed by atoms with E-state index >= 15 is 0 Å². The fourth-order valence-corrected chi connectivity index (χ4v) is 3.26. The highest BCUT2D eigenvalue weighted by atomic mass is 32.2. The summed E-state index contributed by atoms with van der Waals surface area (Å²) in [6, 6.07) is 1.51. The van der Waals surface area contributed by atoms with Crippen LogP contribution < -0.4 is 10.0 Å². The first-order valence-corrected chi connectivity index (χ1v) is 9.11. The lowest BCUT2D eigenvalue weighted by molar-refractivity contribution is -0.121. The Kier molecular flexibility index (Phi) is 5.75. The Morgan fingerprint density at radius 3 is 2.71 bits per heavy atom. The average Bonchev–Trinajstić information content (AvgIpc) is 3.18. The van der Waals surface area contributed by atoms with Gasteiger partial charge in [0.15, 0.2) is 5.66 Å². The van der Waals surface area contributed by atoms with E-state index in [1.807, 2.05) is 0 Å². The second-order valence-electron chi connectivity index (χ2n) is 5.65. The molecule has 0 bridgehead atoms. The topological polar surface area (TPSA) is 105 Å². The fourth-order valence-electron chi connectivity index (χ4n) is 2.18. The summed E-state index contributed by atoms with van der Waals surface area (Å²) in [5, 5.41) is 10.6. The first-order valence-electron chi connectivity index (χ1n) is 7.63. The summed E-state index contributed by atoms with van der Waals surface area (Å²) in [5.74, 6) is 2.37. The van der Waals surface area contributed by atoms with Crippen LogP contribution in [0.2, 0.25) is 0 Å². The van der Waals surface area contributed by atoms with Crippen LogP contribution in [0.15, 0.2) is 33.6 Å². The zero-order valence-electron chi connectivity index (χ0n) is 13.5. The number of amides is 1. The van der Waals surface area contributed by atoms with E-state index in [1.165, 1.54) is 12.3 Å². The first-order chi connectivity index (χ1) is 11.4.